The van der Waals surface area contributed by atoms with E-state index in [0.717, 1.165) is 5.69 Å². The van der Waals surface area contributed by atoms with Gasteiger partial charge in [-0.3, -0.25) is 9.59 Å². The summed E-state index contributed by atoms with van der Waals surface area (Å²) in [6, 6.07) is 14.0. The van der Waals surface area contributed by atoms with Crippen molar-refractivity contribution < 1.29 is 28.6 Å². The summed E-state index contributed by atoms with van der Waals surface area (Å²) < 4.78 is 16.4. The average Bonchev–Trinajstić information content (AvgIpc) is 2.84. The lowest BCUT2D eigenvalue weighted by molar-refractivity contribution is -0.142. The number of hydrogen-bond donors (Lipinski definition) is 1. The van der Waals surface area contributed by atoms with Gasteiger partial charge in [0.2, 0.25) is 5.91 Å². The zero-order valence-corrected chi connectivity index (χ0v) is 18.5. The van der Waals surface area contributed by atoms with E-state index in [1.165, 1.54) is 0 Å². The van der Waals surface area contributed by atoms with Gasteiger partial charge in [0.05, 0.1) is 49.8 Å². The number of esters is 1. The molecule has 2 heterocycles. The summed E-state index contributed by atoms with van der Waals surface area (Å²) in [5, 5.41) is 2.80. The van der Waals surface area contributed by atoms with Crippen LogP contribution >= 0.6 is 0 Å². The van der Waals surface area contributed by atoms with Crippen molar-refractivity contribution >= 4 is 29.2 Å². The molecule has 0 bridgehead atoms. The van der Waals surface area contributed by atoms with Gasteiger partial charge in [-0.05, 0) is 31.2 Å². The Morgan fingerprint density at radius 3 is 2.58 bits per heavy atom. The summed E-state index contributed by atoms with van der Waals surface area (Å²) in [6.45, 7) is 4.23. The molecule has 0 aromatic heterocycles. The fourth-order valence-electron chi connectivity index (χ4n) is 3.91. The van der Waals surface area contributed by atoms with Crippen LogP contribution in [0.3, 0.4) is 0 Å². The van der Waals surface area contributed by atoms with Gasteiger partial charge in [0.25, 0.3) is 5.91 Å². The van der Waals surface area contributed by atoms with Crippen LogP contribution in [0.5, 0.6) is 5.75 Å². The predicted octanol–water partition coefficient (Wildman–Crippen LogP) is 1.93. The summed E-state index contributed by atoms with van der Waals surface area (Å²) in [6.07, 6.45) is -0.724. The number of ether oxygens (including phenoxy) is 3. The number of amides is 2. The molecule has 9 nitrogen and oxygen atoms in total. The summed E-state index contributed by atoms with van der Waals surface area (Å²) >= 11 is 0. The average molecular weight is 453 g/mol. The number of nitrogens with zero attached hydrogens (tertiary/aromatic N) is 2. The van der Waals surface area contributed by atoms with E-state index >= 15 is 0 Å². The maximum atomic E-state index is 13.0. The fourth-order valence-corrected chi connectivity index (χ4v) is 3.91. The molecular weight excluding hydrogens is 426 g/mol. The lowest BCUT2D eigenvalue weighted by Crippen LogP contribution is -2.53. The monoisotopic (exact) mass is 453 g/mol. The van der Waals surface area contributed by atoms with Crippen LogP contribution in [0.1, 0.15) is 17.3 Å². The van der Waals surface area contributed by atoms with Crippen LogP contribution in [0, 0.1) is 0 Å². The molecular formula is C24H27N3O6. The molecule has 1 saturated heterocycles. The maximum Gasteiger partial charge on any atom is 0.340 e. The van der Waals surface area contributed by atoms with E-state index in [1.807, 2.05) is 23.1 Å². The minimum Gasteiger partial charge on any atom is -0.477 e. The van der Waals surface area contributed by atoms with E-state index in [0.29, 0.717) is 37.7 Å². The number of fused-ring (bicyclic) bond motifs is 1. The quantitative estimate of drug-likeness (QED) is 0.668. The molecule has 2 aromatic carbocycles. The van der Waals surface area contributed by atoms with Crippen molar-refractivity contribution in [3.8, 4) is 5.75 Å². The highest BCUT2D eigenvalue weighted by Gasteiger charge is 2.34. The third-order valence-electron chi connectivity index (χ3n) is 5.49. The molecule has 0 saturated carbocycles. The van der Waals surface area contributed by atoms with Crippen LogP contribution in [0.2, 0.25) is 0 Å². The Morgan fingerprint density at radius 1 is 1.06 bits per heavy atom. The van der Waals surface area contributed by atoms with Gasteiger partial charge in [0.15, 0.2) is 6.10 Å². The Balaban J connectivity index is 1.49. The number of hydrogen-bond acceptors (Lipinski definition) is 7. The van der Waals surface area contributed by atoms with E-state index in [9.17, 15) is 14.4 Å². The number of rotatable bonds is 6. The molecule has 2 amide bonds. The SMILES string of the molecule is CCOC(=O)c1ccccc1NC(=O)CN1C[C@@H](C(=O)N2CCOCC2)Oc2ccccc21. The second-order valence-corrected chi connectivity index (χ2v) is 7.71. The van der Waals surface area contributed by atoms with Gasteiger partial charge in [0, 0.05) is 13.1 Å². The first-order valence-electron chi connectivity index (χ1n) is 11.0. The first-order valence-corrected chi connectivity index (χ1v) is 11.0. The summed E-state index contributed by atoms with van der Waals surface area (Å²) in [5.74, 6) is -0.386. The van der Waals surface area contributed by atoms with Gasteiger partial charge < -0.3 is 29.3 Å². The van der Waals surface area contributed by atoms with Gasteiger partial charge in [0.1, 0.15) is 5.75 Å². The minimum atomic E-state index is -0.724. The molecule has 1 atom stereocenters. The van der Waals surface area contributed by atoms with Crippen LogP contribution in [0.25, 0.3) is 0 Å². The molecule has 0 radical (unpaired) electrons. The van der Waals surface area contributed by atoms with Crippen molar-refractivity contribution in [1.82, 2.24) is 4.90 Å². The molecule has 2 aromatic rings. The van der Waals surface area contributed by atoms with E-state index in [4.69, 9.17) is 14.2 Å². The lowest BCUT2D eigenvalue weighted by atomic mass is 10.1. The maximum absolute atomic E-state index is 13.0. The number of anilines is 2. The molecule has 1 N–H and O–H groups in total. The highest BCUT2D eigenvalue weighted by Crippen LogP contribution is 2.33. The van der Waals surface area contributed by atoms with Crippen molar-refractivity contribution in [2.75, 3.05) is 56.2 Å². The van der Waals surface area contributed by atoms with Crippen LogP contribution in [0.4, 0.5) is 11.4 Å². The topological polar surface area (TPSA) is 97.4 Å². The van der Waals surface area contributed by atoms with Crippen LogP contribution in [-0.4, -0.2) is 74.8 Å². The number of nitrogens with one attached hydrogen (secondary N) is 1. The molecule has 2 aliphatic heterocycles. The van der Waals surface area contributed by atoms with E-state index < -0.39 is 12.1 Å². The van der Waals surface area contributed by atoms with Gasteiger partial charge in [-0.1, -0.05) is 24.3 Å². The molecule has 33 heavy (non-hydrogen) atoms. The third-order valence-corrected chi connectivity index (χ3v) is 5.49. The highest BCUT2D eigenvalue weighted by molar-refractivity contribution is 6.02. The van der Waals surface area contributed by atoms with Gasteiger partial charge in [-0.25, -0.2) is 4.79 Å². The lowest BCUT2D eigenvalue weighted by Gasteiger charge is -2.38. The Bertz CT molecular complexity index is 1020. The molecule has 174 valence electrons. The van der Waals surface area contributed by atoms with Crippen molar-refractivity contribution in [2.24, 2.45) is 0 Å². The molecule has 0 spiro atoms. The van der Waals surface area contributed by atoms with Crippen molar-refractivity contribution in [1.29, 1.82) is 0 Å². The van der Waals surface area contributed by atoms with Gasteiger partial charge in [-0.15, -0.1) is 0 Å². The van der Waals surface area contributed by atoms with E-state index in [1.54, 1.807) is 42.2 Å². The standard InChI is InChI=1S/C24H27N3O6/c1-2-32-24(30)17-7-3-4-8-18(17)25-22(28)16-27-15-21(23(29)26-11-13-31-14-12-26)33-20-10-6-5-9-19(20)27/h3-10,21H,2,11-16H2,1H3,(H,25,28)/t21-/m0/s1. The first-order chi connectivity index (χ1) is 16.1. The van der Waals surface area contributed by atoms with Crippen molar-refractivity contribution in [3.63, 3.8) is 0 Å². The Morgan fingerprint density at radius 2 is 1.79 bits per heavy atom. The number of carbonyl (C=O) groups excluding carboxylic acids is 3. The molecule has 1 fully saturated rings. The van der Waals surface area contributed by atoms with E-state index in [2.05, 4.69) is 5.32 Å². The molecule has 0 aliphatic carbocycles. The van der Waals surface area contributed by atoms with Crippen molar-refractivity contribution in [3.05, 3.63) is 54.1 Å². The summed E-state index contributed by atoms with van der Waals surface area (Å²) in [7, 11) is 0. The Kier molecular flexibility index (Phi) is 7.09. The van der Waals surface area contributed by atoms with Crippen molar-refractivity contribution in [2.45, 2.75) is 13.0 Å². The Hall–Kier alpha value is -3.59. The number of benzene rings is 2. The predicted molar refractivity (Wildman–Crippen MR) is 121 cm³/mol. The highest BCUT2D eigenvalue weighted by atomic mass is 16.5. The van der Waals surface area contributed by atoms with E-state index in [-0.39, 0.29) is 37.1 Å². The summed E-state index contributed by atoms with van der Waals surface area (Å²) in [5.41, 5.74) is 1.40. The zero-order valence-electron chi connectivity index (χ0n) is 18.5. The normalized spacial score (nSPS) is 17.5. The van der Waals surface area contributed by atoms with Gasteiger partial charge in [-0.2, -0.15) is 0 Å². The molecule has 9 heteroatoms. The largest absolute Gasteiger partial charge is 0.477 e. The molecule has 4 rings (SSSR count). The van der Waals surface area contributed by atoms with Crippen LogP contribution in [0.15, 0.2) is 48.5 Å². The van der Waals surface area contributed by atoms with Crippen LogP contribution < -0.4 is 15.0 Å². The zero-order chi connectivity index (χ0) is 23.2. The fraction of sp³-hybridized carbons (Fsp3) is 0.375. The van der Waals surface area contributed by atoms with Gasteiger partial charge >= 0.3 is 5.97 Å². The third kappa shape index (κ3) is 5.25. The second kappa shape index (κ2) is 10.4. The Labute approximate surface area is 192 Å². The van der Waals surface area contributed by atoms with Crippen LogP contribution in [-0.2, 0) is 19.1 Å². The first kappa shape index (κ1) is 22.6. The number of carbonyl (C=O) groups is 3. The number of para-hydroxylation sites is 3. The number of morpholine rings is 1. The minimum absolute atomic E-state index is 0.00950. The smallest absolute Gasteiger partial charge is 0.340 e. The second-order valence-electron chi connectivity index (χ2n) is 7.71. The molecule has 0 unspecified atom stereocenters. The molecule has 2 aliphatic rings. The summed E-state index contributed by atoms with van der Waals surface area (Å²) in [4.78, 5) is 41.8.